The average molecular weight is 497 g/mol. The predicted octanol–water partition coefficient (Wildman–Crippen LogP) is -5.77. The van der Waals surface area contributed by atoms with E-state index in [2.05, 4.69) is 10.6 Å². The highest BCUT2D eigenvalue weighted by atomic mass is 16.7. The summed E-state index contributed by atoms with van der Waals surface area (Å²) >= 11 is 0. The Labute approximate surface area is 195 Å². The third kappa shape index (κ3) is 6.38. The van der Waals surface area contributed by atoms with Crippen LogP contribution in [0.4, 0.5) is 0 Å². The first-order valence-electron chi connectivity index (χ1n) is 10.8. The minimum atomic E-state index is -1.79. The molecule has 2 rings (SSSR count). The molecule has 10 N–H and O–H groups in total. The van der Waals surface area contributed by atoms with E-state index < -0.39 is 98.5 Å². The molecule has 2 saturated heterocycles. The second-order valence-electron chi connectivity index (χ2n) is 8.25. The van der Waals surface area contributed by atoms with Crippen molar-refractivity contribution >= 4 is 11.8 Å². The Morgan fingerprint density at radius 3 is 2.03 bits per heavy atom. The molecule has 0 aliphatic carbocycles. The van der Waals surface area contributed by atoms with Crippen molar-refractivity contribution < 1.29 is 59.2 Å². The molecule has 2 heterocycles. The number of rotatable bonds is 10. The zero-order valence-electron chi connectivity index (χ0n) is 19.1. The van der Waals surface area contributed by atoms with Gasteiger partial charge in [0.15, 0.2) is 12.6 Å². The van der Waals surface area contributed by atoms with Crippen LogP contribution in [0.25, 0.3) is 0 Å². The van der Waals surface area contributed by atoms with Crippen LogP contribution in [-0.2, 0) is 28.5 Å². The van der Waals surface area contributed by atoms with Crippen LogP contribution >= 0.6 is 0 Å². The zero-order chi connectivity index (χ0) is 25.7. The Hall–Kier alpha value is -1.50. The number of aliphatic hydroxyl groups excluding tert-OH is 6. The lowest BCUT2D eigenvalue weighted by Gasteiger charge is -2.48. The van der Waals surface area contributed by atoms with Crippen molar-refractivity contribution in [2.45, 2.75) is 87.3 Å². The van der Waals surface area contributed by atoms with E-state index in [1.165, 1.54) is 20.9 Å². The molecule has 0 spiro atoms. The first-order valence-corrected chi connectivity index (χ1v) is 10.8. The van der Waals surface area contributed by atoms with Gasteiger partial charge in [0.05, 0.1) is 19.3 Å². The van der Waals surface area contributed by atoms with Gasteiger partial charge in [0, 0.05) is 6.92 Å². The third-order valence-electron chi connectivity index (χ3n) is 5.80. The molecule has 2 amide bonds. The number of nitrogens with one attached hydrogen (secondary N) is 2. The summed E-state index contributed by atoms with van der Waals surface area (Å²) in [5, 5.41) is 65.4. The molecular weight excluding hydrogens is 462 g/mol. The molecule has 0 radical (unpaired) electrons. The van der Waals surface area contributed by atoms with Gasteiger partial charge >= 0.3 is 0 Å². The molecule has 12 atom stereocenters. The van der Waals surface area contributed by atoms with Crippen molar-refractivity contribution in [1.82, 2.24) is 10.6 Å². The maximum absolute atomic E-state index is 11.9. The summed E-state index contributed by atoms with van der Waals surface area (Å²) in [5.41, 5.74) is 5.36. The Kier molecular flexibility index (Phi) is 10.5. The van der Waals surface area contributed by atoms with Crippen LogP contribution in [-0.4, -0.2) is 136 Å². The van der Waals surface area contributed by atoms with E-state index in [0.29, 0.717) is 0 Å². The maximum atomic E-state index is 11.9. The second kappa shape index (κ2) is 12.5. The minimum Gasteiger partial charge on any atom is -0.394 e. The number of likely N-dealkylation sites (N-methyl/N-ethyl adjacent to an activating group) is 1. The number of carbonyl (C=O) groups is 2. The summed E-state index contributed by atoms with van der Waals surface area (Å²) in [6.45, 7) is 1.28. The molecule has 2 fully saturated rings. The molecule has 34 heavy (non-hydrogen) atoms. The molecule has 15 heteroatoms. The molecule has 0 bridgehead atoms. The van der Waals surface area contributed by atoms with Crippen LogP contribution in [0.1, 0.15) is 13.8 Å². The van der Waals surface area contributed by atoms with Crippen LogP contribution in [0.3, 0.4) is 0 Å². The van der Waals surface area contributed by atoms with Crippen LogP contribution in [0.5, 0.6) is 0 Å². The van der Waals surface area contributed by atoms with Gasteiger partial charge in [-0.3, -0.25) is 9.59 Å². The van der Waals surface area contributed by atoms with Crippen molar-refractivity contribution in [3.8, 4) is 0 Å². The van der Waals surface area contributed by atoms with Gasteiger partial charge in [0.2, 0.25) is 11.8 Å². The number of primary amides is 1. The van der Waals surface area contributed by atoms with E-state index in [9.17, 15) is 40.2 Å². The lowest BCUT2D eigenvalue weighted by molar-refractivity contribution is -0.347. The minimum absolute atomic E-state index is 0.577. The van der Waals surface area contributed by atoms with Crippen molar-refractivity contribution in [2.75, 3.05) is 20.3 Å². The first kappa shape index (κ1) is 28.7. The molecule has 0 aromatic heterocycles. The molecule has 0 aromatic carbocycles. The van der Waals surface area contributed by atoms with Gasteiger partial charge in [-0.25, -0.2) is 0 Å². The van der Waals surface area contributed by atoms with E-state index >= 15 is 0 Å². The molecule has 2 aliphatic rings. The van der Waals surface area contributed by atoms with Gasteiger partial charge in [0.1, 0.15) is 54.8 Å². The summed E-state index contributed by atoms with van der Waals surface area (Å²) in [7, 11) is 1.48. The lowest BCUT2D eigenvalue weighted by atomic mass is 9.95. The van der Waals surface area contributed by atoms with Gasteiger partial charge in [-0.15, -0.1) is 0 Å². The number of hydrogen-bond acceptors (Lipinski definition) is 13. The number of ether oxygens (including phenoxy) is 4. The largest absolute Gasteiger partial charge is 0.394 e. The van der Waals surface area contributed by atoms with E-state index in [-0.39, 0.29) is 0 Å². The van der Waals surface area contributed by atoms with Crippen molar-refractivity contribution in [1.29, 1.82) is 0 Å². The zero-order valence-corrected chi connectivity index (χ0v) is 19.1. The van der Waals surface area contributed by atoms with Crippen LogP contribution in [0.2, 0.25) is 0 Å². The normalized spacial score (nSPS) is 40.4. The average Bonchev–Trinajstić information content (AvgIpc) is 2.77. The number of carbonyl (C=O) groups excluding carboxylic acids is 2. The molecule has 0 aromatic rings. The fraction of sp³-hybridized carbons (Fsp3) is 0.895. The summed E-state index contributed by atoms with van der Waals surface area (Å²) in [6.07, 6.45) is -14.7. The number of hydrogen-bond donors (Lipinski definition) is 9. The lowest BCUT2D eigenvalue weighted by Crippen LogP contribution is -2.68. The van der Waals surface area contributed by atoms with E-state index in [4.69, 9.17) is 24.7 Å². The van der Waals surface area contributed by atoms with Gasteiger partial charge in [0.25, 0.3) is 0 Å². The SMILES string of the molecule is CN[C@H](C(N)=O)[C@@H](C)O[C@@H]1O[C@H](CO)[C@H](O)[C@H](O[C@@H]2O[C@H](CO)[C@H](O)[C@H](O)[C@H]2O)[C@H]1NC(C)=O. The highest BCUT2D eigenvalue weighted by Crippen LogP contribution is 2.30. The highest BCUT2D eigenvalue weighted by molar-refractivity contribution is 5.80. The fourth-order valence-corrected chi connectivity index (χ4v) is 3.97. The van der Waals surface area contributed by atoms with Crippen LogP contribution in [0.15, 0.2) is 0 Å². The molecular formula is C19H35N3O12. The predicted molar refractivity (Wildman–Crippen MR) is 111 cm³/mol. The summed E-state index contributed by atoms with van der Waals surface area (Å²) < 4.78 is 22.4. The summed E-state index contributed by atoms with van der Waals surface area (Å²) in [4.78, 5) is 23.6. The number of nitrogens with two attached hydrogens (primary N) is 1. The number of amides is 2. The molecule has 2 aliphatic heterocycles. The summed E-state index contributed by atoms with van der Waals surface area (Å²) in [6, 6.07) is -2.21. The topological polar surface area (TPSA) is 243 Å². The van der Waals surface area contributed by atoms with E-state index in [1.807, 2.05) is 0 Å². The van der Waals surface area contributed by atoms with Crippen LogP contribution in [0, 0.1) is 0 Å². The molecule has 198 valence electrons. The fourth-order valence-electron chi connectivity index (χ4n) is 3.97. The Balaban J connectivity index is 2.34. The molecule has 0 unspecified atom stereocenters. The summed E-state index contributed by atoms with van der Waals surface area (Å²) in [5.74, 6) is -1.30. The monoisotopic (exact) mass is 497 g/mol. The van der Waals surface area contributed by atoms with E-state index in [0.717, 1.165) is 0 Å². The quantitative estimate of drug-likeness (QED) is 0.137. The second-order valence-corrected chi connectivity index (χ2v) is 8.25. The Morgan fingerprint density at radius 2 is 1.53 bits per heavy atom. The van der Waals surface area contributed by atoms with Gasteiger partial charge in [-0.2, -0.15) is 0 Å². The van der Waals surface area contributed by atoms with Gasteiger partial charge in [-0.05, 0) is 14.0 Å². The van der Waals surface area contributed by atoms with Gasteiger partial charge < -0.3 is 66.0 Å². The van der Waals surface area contributed by atoms with E-state index in [1.54, 1.807) is 0 Å². The van der Waals surface area contributed by atoms with Gasteiger partial charge in [-0.1, -0.05) is 0 Å². The van der Waals surface area contributed by atoms with Crippen molar-refractivity contribution in [2.24, 2.45) is 5.73 Å². The highest BCUT2D eigenvalue weighted by Gasteiger charge is 2.52. The number of aliphatic hydroxyl groups is 6. The maximum Gasteiger partial charge on any atom is 0.237 e. The molecule has 0 saturated carbocycles. The Bertz CT molecular complexity index is 685. The Morgan fingerprint density at radius 1 is 0.971 bits per heavy atom. The van der Waals surface area contributed by atoms with Crippen LogP contribution < -0.4 is 16.4 Å². The smallest absolute Gasteiger partial charge is 0.237 e. The standard InChI is InChI=1S/C19H35N3O12/c1-6(10(21-3)17(20)30)31-18-11(22-7(2)25)16(13(27)9(5-24)32-18)34-19-15(29)14(28)12(26)8(4-23)33-19/h6,8-16,18-19,21,23-24,26-29H,4-5H2,1-3H3,(H2,20,30)(H,22,25)/t6-,8-,9-,10+,11-,12+,13+,14+,15-,16-,18-,19+/m1/s1. The first-order chi connectivity index (χ1) is 16.0. The van der Waals surface area contributed by atoms with Crippen molar-refractivity contribution in [3.05, 3.63) is 0 Å². The third-order valence-corrected chi connectivity index (χ3v) is 5.80. The molecule has 15 nitrogen and oxygen atoms in total. The van der Waals surface area contributed by atoms with Crippen molar-refractivity contribution in [3.63, 3.8) is 0 Å².